The number of sulfone groups is 1. The van der Waals surface area contributed by atoms with Crippen molar-refractivity contribution in [2.75, 3.05) is 18.1 Å². The van der Waals surface area contributed by atoms with Crippen LogP contribution in [0.4, 0.5) is 0 Å². The van der Waals surface area contributed by atoms with Gasteiger partial charge in [-0.1, -0.05) is 30.0 Å². The highest BCUT2D eigenvalue weighted by Crippen LogP contribution is 2.35. The van der Waals surface area contributed by atoms with E-state index in [4.69, 9.17) is 12.2 Å². The van der Waals surface area contributed by atoms with Crippen LogP contribution in [0.15, 0.2) is 22.4 Å². The second-order valence-electron chi connectivity index (χ2n) is 6.42. The molecule has 6 nitrogen and oxygen atoms in total. The van der Waals surface area contributed by atoms with Crippen molar-refractivity contribution >= 4 is 67.4 Å². The van der Waals surface area contributed by atoms with Gasteiger partial charge in [-0.15, -0.1) is 11.3 Å². The third kappa shape index (κ3) is 4.28. The molecule has 0 spiro atoms. The number of carbonyl (C=O) groups is 2. The normalized spacial score (nSPS) is 24.6. The first-order chi connectivity index (χ1) is 12.7. The van der Waals surface area contributed by atoms with Crippen LogP contribution >= 0.6 is 35.3 Å². The van der Waals surface area contributed by atoms with E-state index in [0.717, 1.165) is 4.88 Å². The lowest BCUT2D eigenvalue weighted by Gasteiger charge is -2.32. The van der Waals surface area contributed by atoms with Crippen LogP contribution < -0.4 is 0 Å². The molecule has 0 radical (unpaired) electrons. The molecule has 10 heteroatoms. The van der Waals surface area contributed by atoms with Gasteiger partial charge < -0.3 is 4.90 Å². The van der Waals surface area contributed by atoms with E-state index in [1.54, 1.807) is 17.9 Å². The van der Waals surface area contributed by atoms with Gasteiger partial charge in [-0.05, 0) is 37.8 Å². The zero-order valence-electron chi connectivity index (χ0n) is 15.0. The minimum Gasteiger partial charge on any atom is -0.337 e. The summed E-state index contributed by atoms with van der Waals surface area (Å²) in [5.41, 5.74) is 0. The number of thiophene rings is 1. The fourth-order valence-electron chi connectivity index (χ4n) is 3.28. The Kier molecular flexibility index (Phi) is 6.09. The lowest BCUT2D eigenvalue weighted by Crippen LogP contribution is -2.52. The monoisotopic (exact) mass is 444 g/mol. The topological polar surface area (TPSA) is 74.8 Å². The molecule has 0 aromatic carbocycles. The van der Waals surface area contributed by atoms with Gasteiger partial charge in [0, 0.05) is 17.5 Å². The Morgan fingerprint density at radius 3 is 2.81 bits per heavy atom. The highest BCUT2D eigenvalue weighted by atomic mass is 32.2. The van der Waals surface area contributed by atoms with E-state index in [1.807, 2.05) is 24.4 Å². The second kappa shape index (κ2) is 8.02. The smallest absolute Gasteiger partial charge is 0.266 e. The average molecular weight is 445 g/mol. The first kappa shape index (κ1) is 20.5. The summed E-state index contributed by atoms with van der Waals surface area (Å²) in [6, 6.07) is 2.70. The molecule has 0 saturated carbocycles. The molecule has 2 aliphatic rings. The van der Waals surface area contributed by atoms with Gasteiger partial charge in [0.25, 0.3) is 5.91 Å². The van der Waals surface area contributed by atoms with Gasteiger partial charge >= 0.3 is 0 Å². The summed E-state index contributed by atoms with van der Waals surface area (Å²) in [7, 11) is -3.10. The van der Waals surface area contributed by atoms with Gasteiger partial charge in [-0.2, -0.15) is 0 Å². The van der Waals surface area contributed by atoms with Crippen molar-refractivity contribution in [1.82, 2.24) is 9.80 Å². The van der Waals surface area contributed by atoms with Gasteiger partial charge in [0.05, 0.1) is 16.4 Å². The van der Waals surface area contributed by atoms with E-state index in [9.17, 15) is 18.0 Å². The van der Waals surface area contributed by atoms with E-state index < -0.39 is 15.9 Å². The summed E-state index contributed by atoms with van der Waals surface area (Å²) in [4.78, 5) is 30.2. The second-order valence-corrected chi connectivity index (χ2v) is 11.3. The predicted octanol–water partition coefficient (Wildman–Crippen LogP) is 2.37. The molecule has 3 rings (SSSR count). The molecular formula is C17H20N2O4S4. The molecule has 0 bridgehead atoms. The van der Waals surface area contributed by atoms with Crippen molar-refractivity contribution in [2.45, 2.75) is 32.4 Å². The Morgan fingerprint density at radius 1 is 1.52 bits per heavy atom. The fraction of sp³-hybridized carbons (Fsp3) is 0.471. The third-order valence-corrected chi connectivity index (χ3v) is 8.56. The Morgan fingerprint density at radius 2 is 2.26 bits per heavy atom. The summed E-state index contributed by atoms with van der Waals surface area (Å²) in [6.07, 6.45) is 2.22. The number of thioether (sulfide) groups is 1. The van der Waals surface area contributed by atoms with E-state index in [0.29, 0.717) is 22.2 Å². The van der Waals surface area contributed by atoms with E-state index in [-0.39, 0.29) is 29.4 Å². The van der Waals surface area contributed by atoms with Crippen molar-refractivity contribution in [2.24, 2.45) is 0 Å². The zero-order valence-corrected chi connectivity index (χ0v) is 18.2. The zero-order chi connectivity index (χ0) is 19.8. The van der Waals surface area contributed by atoms with Gasteiger partial charge in [-0.25, -0.2) is 8.42 Å². The van der Waals surface area contributed by atoms with E-state index in [2.05, 4.69) is 0 Å². The number of carbonyl (C=O) groups excluding carboxylic acids is 2. The van der Waals surface area contributed by atoms with Crippen molar-refractivity contribution < 1.29 is 18.0 Å². The lowest BCUT2D eigenvalue weighted by atomic mass is 10.1. The maximum Gasteiger partial charge on any atom is 0.266 e. The largest absolute Gasteiger partial charge is 0.337 e. The molecule has 0 aliphatic carbocycles. The maximum absolute atomic E-state index is 13.0. The molecule has 146 valence electrons. The van der Waals surface area contributed by atoms with Gasteiger partial charge in [0.15, 0.2) is 9.84 Å². The quantitative estimate of drug-likeness (QED) is 0.513. The number of thiocarbonyl (C=S) groups is 1. The van der Waals surface area contributed by atoms with Crippen molar-refractivity contribution in [1.29, 1.82) is 0 Å². The van der Waals surface area contributed by atoms with Gasteiger partial charge in [-0.3, -0.25) is 14.5 Å². The molecule has 1 aromatic heterocycles. The van der Waals surface area contributed by atoms with Gasteiger partial charge in [0.1, 0.15) is 10.4 Å². The minimum absolute atomic E-state index is 0.0179. The Labute approximate surface area is 172 Å². The predicted molar refractivity (Wildman–Crippen MR) is 113 cm³/mol. The maximum atomic E-state index is 13.0. The van der Waals surface area contributed by atoms with E-state index in [1.165, 1.54) is 28.0 Å². The number of rotatable bonds is 5. The standard InChI is InChI=1S/C17H20N2O4S4/c1-3-18(12-6-8-27(22,23)10-12)15(20)11(2)19-16(21)14(26-17(19)24)9-13-5-4-7-25-13/h4-5,7,9,11-12H,3,6,8,10H2,1-2H3/b14-9-/t11-,12+/m1/s1. The SMILES string of the molecule is CCN(C(=O)[C@@H](C)N1C(=O)/C(=C/c2cccs2)SC1=S)[C@H]1CCS(=O)(=O)C1. The molecule has 3 heterocycles. The highest BCUT2D eigenvalue weighted by Gasteiger charge is 2.42. The molecule has 0 unspecified atom stereocenters. The van der Waals surface area contributed by atoms with Crippen LogP contribution in [-0.4, -0.2) is 64.5 Å². The first-order valence-electron chi connectivity index (χ1n) is 8.55. The molecule has 27 heavy (non-hydrogen) atoms. The molecule has 2 atom stereocenters. The fourth-order valence-corrected chi connectivity index (χ4v) is 7.15. The third-order valence-electron chi connectivity index (χ3n) is 4.66. The van der Waals surface area contributed by atoms with Crippen LogP contribution in [-0.2, 0) is 19.4 Å². The van der Waals surface area contributed by atoms with Crippen molar-refractivity contribution in [3.05, 3.63) is 27.3 Å². The van der Waals surface area contributed by atoms with Crippen molar-refractivity contribution in [3.8, 4) is 0 Å². The van der Waals surface area contributed by atoms with Crippen LogP contribution in [0.2, 0.25) is 0 Å². The summed E-state index contributed by atoms with van der Waals surface area (Å²) < 4.78 is 23.9. The highest BCUT2D eigenvalue weighted by molar-refractivity contribution is 8.26. The lowest BCUT2D eigenvalue weighted by molar-refractivity contribution is -0.140. The number of amides is 2. The van der Waals surface area contributed by atoms with Crippen molar-refractivity contribution in [3.63, 3.8) is 0 Å². The number of nitrogens with zero attached hydrogens (tertiary/aromatic N) is 2. The minimum atomic E-state index is -3.10. The summed E-state index contributed by atoms with van der Waals surface area (Å²) in [5.74, 6) is -0.473. The molecular weight excluding hydrogens is 424 g/mol. The Hall–Kier alpha value is -1.23. The van der Waals surface area contributed by atoms with Crippen LogP contribution in [0, 0.1) is 0 Å². The van der Waals surface area contributed by atoms with Crippen LogP contribution in [0.3, 0.4) is 0 Å². The first-order valence-corrected chi connectivity index (χ1v) is 12.5. The molecule has 2 aliphatic heterocycles. The molecule has 2 amide bonds. The van der Waals surface area contributed by atoms with Crippen LogP contribution in [0.5, 0.6) is 0 Å². The molecule has 2 fully saturated rings. The number of likely N-dealkylation sites (N-methyl/N-ethyl adjacent to an activating group) is 1. The van der Waals surface area contributed by atoms with Gasteiger partial charge in [0.2, 0.25) is 5.91 Å². The number of hydrogen-bond donors (Lipinski definition) is 0. The summed E-state index contributed by atoms with van der Waals surface area (Å²) >= 11 is 8.05. The Bertz CT molecular complexity index is 892. The number of hydrogen-bond acceptors (Lipinski definition) is 7. The molecule has 0 N–H and O–H groups in total. The average Bonchev–Trinajstić information content (AvgIpc) is 3.30. The van der Waals surface area contributed by atoms with E-state index >= 15 is 0 Å². The molecule has 2 saturated heterocycles. The summed E-state index contributed by atoms with van der Waals surface area (Å²) in [5, 5.41) is 1.92. The summed E-state index contributed by atoms with van der Waals surface area (Å²) in [6.45, 7) is 3.85. The van der Waals surface area contributed by atoms with Crippen LogP contribution in [0.1, 0.15) is 25.1 Å². The van der Waals surface area contributed by atoms with Crippen LogP contribution in [0.25, 0.3) is 6.08 Å². The molecule has 1 aromatic rings. The Balaban J connectivity index is 1.77.